The van der Waals surface area contributed by atoms with Crippen LogP contribution in [0.3, 0.4) is 0 Å². The van der Waals surface area contributed by atoms with Gasteiger partial charge in [-0.3, -0.25) is 86.3 Å². The van der Waals surface area contributed by atoms with E-state index in [4.69, 9.17) is 21.9 Å². The third kappa shape index (κ3) is 28.0. The normalized spacial score (nSPS) is 25.1. The maximum Gasteiger partial charge on any atom is 0.246 e. The molecule has 0 spiro atoms. The number of likely N-dealkylation sites (N-methyl/N-ethyl adjacent to an activating group) is 3. The topological polar surface area (TPSA) is 652 Å². The van der Waals surface area contributed by atoms with Crippen LogP contribution in [0.2, 0.25) is 0 Å². The predicted octanol–water partition coefficient (Wildman–Crippen LogP) is -4.29. The number of hydrogen-bond acceptors (Lipinski definition) is 24. The molecule has 3 aliphatic heterocycles. The number of carbonyl (C=O) groups is 18. The second kappa shape index (κ2) is 49.3. The first-order chi connectivity index (χ1) is 63.8. The van der Waals surface area contributed by atoms with Gasteiger partial charge in [0.2, 0.25) is 106 Å². The van der Waals surface area contributed by atoms with Gasteiger partial charge in [0, 0.05) is 119 Å². The van der Waals surface area contributed by atoms with Gasteiger partial charge in [0.1, 0.15) is 90.3 Å². The molecule has 726 valence electrons. The number of nitrogens with two attached hydrogens (primary N) is 3. The predicted molar refractivity (Wildman–Crippen MR) is 486 cm³/mol. The summed E-state index contributed by atoms with van der Waals surface area (Å²) in [5, 5.41) is 60.8. The molecule has 44 nitrogen and oxygen atoms in total. The average Bonchev–Trinajstić information content (AvgIpc) is 1.66. The second-order valence-electron chi connectivity index (χ2n) is 33.7. The molecule has 3 fully saturated rings. The molecule has 22 N–H and O–H groups in total. The number of carbonyl (C=O) groups excluding carboxylic acids is 18. The molecule has 1 unspecified atom stereocenters. The largest absolute Gasteiger partial charge is 0.497 e. The number of unbranched alkanes of at least 4 members (excludes halogenated alkanes) is 2. The van der Waals surface area contributed by atoms with Crippen molar-refractivity contribution in [3.05, 3.63) is 120 Å². The number of ether oxygens (including phenoxy) is 1. The van der Waals surface area contributed by atoms with Crippen LogP contribution in [-0.2, 0) is 112 Å². The minimum Gasteiger partial charge on any atom is -0.497 e. The van der Waals surface area contributed by atoms with E-state index in [9.17, 15) is 68.1 Å². The zero-order chi connectivity index (χ0) is 97.9. The number of aromatic nitrogens is 4. The van der Waals surface area contributed by atoms with Gasteiger partial charge < -0.3 is 130 Å². The Labute approximate surface area is 776 Å². The second-order valence-corrected chi connectivity index (χ2v) is 34.7. The summed E-state index contributed by atoms with van der Waals surface area (Å²) in [7, 11) is 5.25. The lowest BCUT2D eigenvalue weighted by Gasteiger charge is -2.36. The van der Waals surface area contributed by atoms with E-state index in [1.165, 1.54) is 47.7 Å². The van der Waals surface area contributed by atoms with Crippen molar-refractivity contribution in [2.45, 2.75) is 227 Å². The smallest absolute Gasteiger partial charge is 0.246 e. The number of hydrogen-bond donors (Lipinski definition) is 19. The van der Waals surface area contributed by atoms with Crippen LogP contribution in [0, 0.1) is 0 Å². The van der Waals surface area contributed by atoms with Crippen LogP contribution in [0.1, 0.15) is 127 Å². The van der Waals surface area contributed by atoms with E-state index in [1.54, 1.807) is 92.1 Å². The molecule has 0 radical (unpaired) electrons. The van der Waals surface area contributed by atoms with Gasteiger partial charge in [-0.25, -0.2) is 4.98 Å². The molecule has 0 saturated carbocycles. The number of amides is 18. The quantitative estimate of drug-likeness (QED) is 0.0258. The first-order valence-corrected chi connectivity index (χ1v) is 45.5. The van der Waals surface area contributed by atoms with Gasteiger partial charge in [-0.05, 0) is 86.9 Å². The number of aliphatic hydroxyl groups excluding tert-OH is 3. The SMILES string of the molecule is CCCC[C@H]1C(=O)N(C)[C@@H](CCCC)C(=O)N[C@@H](C(C)O)C(=O)N[C@H](C(=O)NCC(N)=O)CSCC(=O)N[C@@H](Cc2ccc(OC)cc2)C(=O)N(C)[C@@H](C)C(=O)N[C@@H](CC(N)=O)C(=O)N2CCC[C@H]2C(=O)N[C@@H](Cc2c[nH]cn2)C(=O)N[C@@H](CCC(N)=O)C(=O)N2C[C@H](O)C[C@H]2C(=O)N[C@@H](Cc2c[nH]c3ccccc23)C(=O)N[C@@H](CO)C(=O)N[C@@H](Cc2c[nH]c3ccccc23)C(=O)N1C. The van der Waals surface area contributed by atoms with Crippen molar-refractivity contribution in [1.82, 2.24) is 97.6 Å². The molecule has 0 bridgehead atoms. The minimum absolute atomic E-state index is 0.0353. The molecular formula is C89H122N22O22S. The highest BCUT2D eigenvalue weighted by atomic mass is 32.2. The van der Waals surface area contributed by atoms with Crippen LogP contribution in [0.15, 0.2) is 97.7 Å². The molecule has 3 aromatic heterocycles. The van der Waals surface area contributed by atoms with Gasteiger partial charge in [-0.1, -0.05) is 88.1 Å². The number of fused-ring (bicyclic) bond motifs is 4. The van der Waals surface area contributed by atoms with Crippen LogP contribution in [0.5, 0.6) is 5.75 Å². The maximum absolute atomic E-state index is 15.7. The number of para-hydroxylation sites is 2. The fraction of sp³-hybridized carbons (Fsp3) is 0.517. The highest BCUT2D eigenvalue weighted by molar-refractivity contribution is 8.00. The zero-order valence-electron chi connectivity index (χ0n) is 76.0. The summed E-state index contributed by atoms with van der Waals surface area (Å²) in [5.41, 5.74) is 19.6. The number of nitrogens with zero attached hydrogens (tertiary/aromatic N) is 6. The number of aromatic amines is 3. The van der Waals surface area contributed by atoms with Crippen molar-refractivity contribution in [1.29, 1.82) is 0 Å². The van der Waals surface area contributed by atoms with E-state index in [-0.39, 0.29) is 57.2 Å². The minimum atomic E-state index is -1.93. The number of primary amides is 3. The Morgan fingerprint density at radius 1 is 0.560 bits per heavy atom. The molecule has 3 saturated heterocycles. The molecule has 6 aromatic rings. The summed E-state index contributed by atoms with van der Waals surface area (Å²) in [6, 6.07) is -2.83. The molecule has 45 heteroatoms. The fourth-order valence-corrected chi connectivity index (χ4v) is 17.2. The number of aliphatic hydroxyl groups is 3. The molecule has 3 aliphatic rings. The zero-order valence-corrected chi connectivity index (χ0v) is 76.8. The first-order valence-electron chi connectivity index (χ1n) is 44.4. The van der Waals surface area contributed by atoms with Gasteiger partial charge in [-0.15, -0.1) is 11.8 Å². The highest BCUT2D eigenvalue weighted by Crippen LogP contribution is 2.28. The summed E-state index contributed by atoms with van der Waals surface area (Å²) in [5.74, 6) is -18.7. The fourth-order valence-electron chi connectivity index (χ4n) is 16.3. The van der Waals surface area contributed by atoms with Crippen molar-refractivity contribution in [2.24, 2.45) is 17.2 Å². The van der Waals surface area contributed by atoms with E-state index in [1.807, 2.05) is 6.92 Å². The Morgan fingerprint density at radius 3 is 1.69 bits per heavy atom. The van der Waals surface area contributed by atoms with Crippen molar-refractivity contribution < 1.29 is 106 Å². The van der Waals surface area contributed by atoms with E-state index in [2.05, 4.69) is 73.1 Å². The molecule has 16 atom stereocenters. The summed E-state index contributed by atoms with van der Waals surface area (Å²) in [6.45, 7) is 3.44. The third-order valence-electron chi connectivity index (χ3n) is 23.9. The number of rotatable bonds is 25. The molecule has 18 amide bonds. The molecule has 3 aromatic carbocycles. The maximum atomic E-state index is 15.7. The number of nitrogens with one attached hydrogen (secondary N) is 13. The van der Waals surface area contributed by atoms with Crippen LogP contribution in [0.25, 0.3) is 21.8 Å². The van der Waals surface area contributed by atoms with E-state index < -0.39 is 266 Å². The molecular weight excluding hydrogens is 1760 g/mol. The van der Waals surface area contributed by atoms with Gasteiger partial charge in [0.05, 0.1) is 56.7 Å². The number of imidazole rings is 1. The lowest BCUT2D eigenvalue weighted by atomic mass is 10.00. The van der Waals surface area contributed by atoms with E-state index in [0.29, 0.717) is 69.9 Å². The Morgan fingerprint density at radius 2 is 1.10 bits per heavy atom. The van der Waals surface area contributed by atoms with Crippen LogP contribution >= 0.6 is 11.8 Å². The van der Waals surface area contributed by atoms with Gasteiger partial charge in [0.15, 0.2) is 0 Å². The lowest BCUT2D eigenvalue weighted by molar-refractivity contribution is -0.149. The Kier molecular flexibility index (Phi) is 38.3. The van der Waals surface area contributed by atoms with Gasteiger partial charge >= 0.3 is 0 Å². The summed E-state index contributed by atoms with van der Waals surface area (Å²) in [6.07, 6.45) is 0.418. The van der Waals surface area contributed by atoms with Gasteiger partial charge in [0.25, 0.3) is 0 Å². The molecule has 6 heterocycles. The van der Waals surface area contributed by atoms with Crippen molar-refractivity contribution in [2.75, 3.05) is 66.0 Å². The van der Waals surface area contributed by atoms with Crippen molar-refractivity contribution in [3.8, 4) is 5.75 Å². The Bertz CT molecular complexity index is 5210. The standard InChI is InChI=1S/C89H122N22O22S/c1-9-11-22-67-81(124)106-75(48(4)113)84(127)105-66(77(120)96-41-73(92)117)44-134-45-74(118)98-62(32-49-25-27-54(133-8)28-26-49)85(128)107(5)47(3)76(119)102-64(37-72(91)116)88(131)110-31-17-24-68(110)82(125)101-61(35-52-40-93-46-97-52)79(122)99-59(29-30-71(90)115)87(130)111-42-53(114)36-70(111)83(126)100-60(33-50-38-94-57-20-15-13-18-55(50)57)78(121)104-65(43-112)80(123)103-63(34-51-39-95-58-21-16-14-19-56(51)58)86(129)109(7)69(23-12-10-2)89(132)108(67)6/h13-16,18-21,25-28,38-40,46-48,53,59-70,75,94-95,112-114H,9-12,17,22-24,29-37,41-45H2,1-8H3,(H2,90,115)(H2,91,116)(H2,92,117)(H,93,97)(H,96,120)(H,98,118)(H,99,122)(H,100,126)(H,101,125)(H,102,119)(H,103,123)(H,104,121)(H,105,127)(H,106,124)/t47-,48?,53+,59-,60-,61-,62-,63-,64-,65-,66-,67-,68-,69-,70-,75-/m0/s1. The van der Waals surface area contributed by atoms with Crippen molar-refractivity contribution in [3.63, 3.8) is 0 Å². The number of methoxy groups -OCH3 is 1. The first kappa shape index (κ1) is 104. The van der Waals surface area contributed by atoms with Crippen LogP contribution < -0.4 is 75.1 Å². The van der Waals surface area contributed by atoms with Gasteiger partial charge in [-0.2, -0.15) is 0 Å². The highest BCUT2D eigenvalue weighted by Gasteiger charge is 2.47. The number of H-pyrrole nitrogens is 3. The van der Waals surface area contributed by atoms with Crippen LogP contribution in [0.4, 0.5) is 0 Å². The number of benzene rings is 3. The lowest BCUT2D eigenvalue weighted by Crippen LogP contribution is -2.62. The van der Waals surface area contributed by atoms with E-state index >= 15 is 33.6 Å². The van der Waals surface area contributed by atoms with Crippen molar-refractivity contribution >= 4 is 140 Å². The monoisotopic (exact) mass is 1880 g/mol. The summed E-state index contributed by atoms with van der Waals surface area (Å²) < 4.78 is 5.33. The molecule has 9 rings (SSSR count). The average molecular weight is 1880 g/mol. The Balaban J connectivity index is 1.10. The Hall–Kier alpha value is -13.6. The summed E-state index contributed by atoms with van der Waals surface area (Å²) in [4.78, 5) is 280. The third-order valence-corrected chi connectivity index (χ3v) is 25.0. The molecule has 134 heavy (non-hydrogen) atoms. The summed E-state index contributed by atoms with van der Waals surface area (Å²) >= 11 is 0.736. The van der Waals surface area contributed by atoms with E-state index in [0.717, 1.165) is 43.2 Å². The van der Waals surface area contributed by atoms with Crippen LogP contribution in [-0.4, -0.2) is 329 Å². The number of thioether (sulfide) groups is 1. The molecule has 0 aliphatic carbocycles.